The van der Waals surface area contributed by atoms with E-state index in [0.29, 0.717) is 18.5 Å². The fourth-order valence-corrected chi connectivity index (χ4v) is 4.67. The third-order valence-corrected chi connectivity index (χ3v) is 6.42. The Balaban J connectivity index is 1.79. The SMILES string of the molecule is Cc1nn(C(C)C(=O)N2CCN(C)CC2)c(=O)c2c1sc1ccccc12. The number of carbonyl (C=O) groups excluding carboxylic acids is 1. The lowest BCUT2D eigenvalue weighted by atomic mass is 10.2. The summed E-state index contributed by atoms with van der Waals surface area (Å²) in [6, 6.07) is 7.28. The molecule has 3 aromatic rings. The second kappa shape index (κ2) is 6.48. The van der Waals surface area contributed by atoms with Crippen molar-refractivity contribution in [2.45, 2.75) is 19.9 Å². The van der Waals surface area contributed by atoms with Gasteiger partial charge >= 0.3 is 0 Å². The van der Waals surface area contributed by atoms with Gasteiger partial charge in [0.05, 0.1) is 15.8 Å². The van der Waals surface area contributed by atoms with Crippen molar-refractivity contribution in [2.24, 2.45) is 0 Å². The van der Waals surface area contributed by atoms with Crippen molar-refractivity contribution in [2.75, 3.05) is 33.2 Å². The number of hydrogen-bond acceptors (Lipinski definition) is 5. The molecule has 1 fully saturated rings. The largest absolute Gasteiger partial charge is 0.338 e. The predicted molar refractivity (Wildman–Crippen MR) is 105 cm³/mol. The molecule has 0 aliphatic carbocycles. The van der Waals surface area contributed by atoms with Crippen LogP contribution in [0.25, 0.3) is 20.2 Å². The number of aryl methyl sites for hydroxylation is 1. The molecule has 1 amide bonds. The first-order chi connectivity index (χ1) is 12.5. The second-order valence-electron chi connectivity index (χ2n) is 6.94. The fourth-order valence-electron chi connectivity index (χ4n) is 3.54. The molecule has 7 heteroatoms. The molecule has 1 saturated heterocycles. The second-order valence-corrected chi connectivity index (χ2v) is 7.99. The van der Waals surface area contributed by atoms with E-state index in [1.54, 1.807) is 18.3 Å². The van der Waals surface area contributed by atoms with Crippen LogP contribution in [0.3, 0.4) is 0 Å². The zero-order valence-corrected chi connectivity index (χ0v) is 16.0. The Morgan fingerprint density at radius 1 is 1.19 bits per heavy atom. The number of nitrogens with zero attached hydrogens (tertiary/aromatic N) is 4. The van der Waals surface area contributed by atoms with E-state index in [4.69, 9.17) is 0 Å². The van der Waals surface area contributed by atoms with Crippen molar-refractivity contribution in [3.63, 3.8) is 0 Å². The van der Waals surface area contributed by atoms with Crippen molar-refractivity contribution < 1.29 is 4.79 Å². The summed E-state index contributed by atoms with van der Waals surface area (Å²) in [5.41, 5.74) is 0.608. The third kappa shape index (κ3) is 2.71. The topological polar surface area (TPSA) is 58.4 Å². The van der Waals surface area contributed by atoms with Gasteiger partial charge in [-0.1, -0.05) is 18.2 Å². The molecule has 6 nitrogen and oxygen atoms in total. The maximum Gasteiger partial charge on any atom is 0.276 e. The summed E-state index contributed by atoms with van der Waals surface area (Å²) in [6.45, 7) is 6.77. The highest BCUT2D eigenvalue weighted by Gasteiger charge is 2.27. The molecule has 26 heavy (non-hydrogen) atoms. The van der Waals surface area contributed by atoms with E-state index in [1.165, 1.54) is 4.68 Å². The summed E-state index contributed by atoms with van der Waals surface area (Å²) < 4.78 is 3.35. The van der Waals surface area contributed by atoms with E-state index in [-0.39, 0.29) is 11.5 Å². The van der Waals surface area contributed by atoms with Crippen LogP contribution in [0.4, 0.5) is 0 Å². The van der Waals surface area contributed by atoms with Gasteiger partial charge in [-0.25, -0.2) is 4.68 Å². The minimum atomic E-state index is -0.604. The summed E-state index contributed by atoms with van der Waals surface area (Å²) in [5.74, 6) is -0.0361. The maximum absolute atomic E-state index is 13.2. The first-order valence-corrected chi connectivity index (χ1v) is 9.67. The van der Waals surface area contributed by atoms with Gasteiger partial charge in [0, 0.05) is 36.3 Å². The normalized spacial score (nSPS) is 17.1. The van der Waals surface area contributed by atoms with Crippen LogP contribution in [0, 0.1) is 6.92 Å². The molecular formula is C19H22N4O2S. The number of benzene rings is 1. The molecule has 0 spiro atoms. The number of thiophene rings is 1. The van der Waals surface area contributed by atoms with E-state index in [2.05, 4.69) is 17.0 Å². The molecule has 1 aromatic carbocycles. The number of rotatable bonds is 2. The van der Waals surface area contributed by atoms with Crippen LogP contribution in [-0.2, 0) is 4.79 Å². The van der Waals surface area contributed by atoms with Gasteiger partial charge in [0.1, 0.15) is 6.04 Å². The smallest absolute Gasteiger partial charge is 0.276 e. The predicted octanol–water partition coefficient (Wildman–Crippen LogP) is 2.25. The number of hydrogen-bond donors (Lipinski definition) is 0. The van der Waals surface area contributed by atoms with Crippen LogP contribution < -0.4 is 5.56 Å². The zero-order valence-electron chi connectivity index (χ0n) is 15.2. The first kappa shape index (κ1) is 17.2. The minimum Gasteiger partial charge on any atom is -0.338 e. The Hall–Kier alpha value is -2.25. The average molecular weight is 370 g/mol. The summed E-state index contributed by atoms with van der Waals surface area (Å²) >= 11 is 1.58. The molecule has 1 unspecified atom stereocenters. The number of amides is 1. The molecule has 0 bridgehead atoms. The van der Waals surface area contributed by atoms with Gasteiger partial charge in [-0.15, -0.1) is 11.3 Å². The first-order valence-electron chi connectivity index (χ1n) is 8.85. The molecule has 0 N–H and O–H groups in total. The van der Waals surface area contributed by atoms with Gasteiger partial charge < -0.3 is 9.80 Å². The Morgan fingerprint density at radius 3 is 2.62 bits per heavy atom. The van der Waals surface area contributed by atoms with Crippen LogP contribution in [0.1, 0.15) is 18.7 Å². The van der Waals surface area contributed by atoms with E-state index >= 15 is 0 Å². The van der Waals surface area contributed by atoms with Crippen LogP contribution in [0.2, 0.25) is 0 Å². The molecule has 3 heterocycles. The number of aromatic nitrogens is 2. The van der Waals surface area contributed by atoms with E-state index < -0.39 is 6.04 Å². The molecule has 0 saturated carbocycles. The molecule has 0 radical (unpaired) electrons. The van der Waals surface area contributed by atoms with Gasteiger partial charge in [-0.05, 0) is 27.0 Å². The lowest BCUT2D eigenvalue weighted by Gasteiger charge is -2.34. The van der Waals surface area contributed by atoms with E-state index in [0.717, 1.165) is 33.6 Å². The molecule has 1 atom stereocenters. The number of piperazine rings is 1. The summed E-state index contributed by atoms with van der Waals surface area (Å²) in [4.78, 5) is 30.1. The fraction of sp³-hybridized carbons (Fsp3) is 0.421. The highest BCUT2D eigenvalue weighted by atomic mass is 32.1. The van der Waals surface area contributed by atoms with Gasteiger partial charge in [-0.3, -0.25) is 9.59 Å². The Bertz CT molecular complexity index is 1050. The monoisotopic (exact) mass is 370 g/mol. The molecule has 1 aliphatic rings. The van der Waals surface area contributed by atoms with Gasteiger partial charge in [0.25, 0.3) is 5.56 Å². The molecular weight excluding hydrogens is 348 g/mol. The van der Waals surface area contributed by atoms with Gasteiger partial charge in [0.2, 0.25) is 5.91 Å². The molecule has 136 valence electrons. The maximum atomic E-state index is 13.2. The van der Waals surface area contributed by atoms with Gasteiger partial charge in [0.15, 0.2) is 0 Å². The lowest BCUT2D eigenvalue weighted by Crippen LogP contribution is -2.50. The lowest BCUT2D eigenvalue weighted by molar-refractivity contribution is -0.136. The minimum absolute atomic E-state index is 0.0361. The standard InChI is InChI=1S/C19H22N4O2S/c1-12-17-16(14-6-4-5-7-15(14)26-17)19(25)23(20-12)13(2)18(24)22-10-8-21(3)9-11-22/h4-7,13H,8-11H2,1-3H3. The van der Waals surface area contributed by atoms with Crippen molar-refractivity contribution in [3.8, 4) is 0 Å². The molecule has 4 rings (SSSR count). The highest BCUT2D eigenvalue weighted by Crippen LogP contribution is 2.32. The van der Waals surface area contributed by atoms with Crippen molar-refractivity contribution in [1.29, 1.82) is 0 Å². The Morgan fingerprint density at radius 2 is 1.88 bits per heavy atom. The van der Waals surface area contributed by atoms with Crippen LogP contribution in [0.15, 0.2) is 29.1 Å². The molecule has 2 aromatic heterocycles. The third-order valence-electron chi connectivity index (χ3n) is 5.14. The van der Waals surface area contributed by atoms with Crippen LogP contribution in [-0.4, -0.2) is 58.7 Å². The quantitative estimate of drug-likeness (QED) is 0.694. The number of fused-ring (bicyclic) bond motifs is 3. The number of likely N-dealkylation sites (N-methyl/N-ethyl adjacent to an activating group) is 1. The summed E-state index contributed by atoms with van der Waals surface area (Å²) in [6.07, 6.45) is 0. The van der Waals surface area contributed by atoms with Crippen molar-refractivity contribution >= 4 is 37.4 Å². The van der Waals surface area contributed by atoms with Crippen LogP contribution >= 0.6 is 11.3 Å². The summed E-state index contributed by atoms with van der Waals surface area (Å²) in [5, 5.41) is 6.10. The molecule has 1 aliphatic heterocycles. The Labute approximate surface area is 155 Å². The summed E-state index contributed by atoms with van der Waals surface area (Å²) in [7, 11) is 2.05. The highest BCUT2D eigenvalue weighted by molar-refractivity contribution is 7.26. The van der Waals surface area contributed by atoms with Gasteiger partial charge in [-0.2, -0.15) is 5.10 Å². The van der Waals surface area contributed by atoms with E-state index in [1.807, 2.05) is 36.1 Å². The average Bonchev–Trinajstić information content (AvgIpc) is 3.04. The Kier molecular flexibility index (Phi) is 4.28. The zero-order chi connectivity index (χ0) is 18.4. The van der Waals surface area contributed by atoms with Crippen molar-refractivity contribution in [1.82, 2.24) is 19.6 Å². The number of carbonyl (C=O) groups is 1. The van der Waals surface area contributed by atoms with E-state index in [9.17, 15) is 9.59 Å². The van der Waals surface area contributed by atoms with Crippen molar-refractivity contribution in [3.05, 3.63) is 40.3 Å². The van der Waals surface area contributed by atoms with Crippen LogP contribution in [0.5, 0.6) is 0 Å².